The van der Waals surface area contributed by atoms with Crippen molar-refractivity contribution in [2.75, 3.05) is 0 Å². The summed E-state index contributed by atoms with van der Waals surface area (Å²) in [5.41, 5.74) is 0. The van der Waals surface area contributed by atoms with Crippen LogP contribution in [0.25, 0.3) is 0 Å². The maximum Gasteiger partial charge on any atom is 0 e. The van der Waals surface area contributed by atoms with Crippen molar-refractivity contribution < 1.29 is 74.5 Å². The molecule has 0 aliphatic heterocycles. The summed E-state index contributed by atoms with van der Waals surface area (Å²) in [4.78, 5) is 0. The van der Waals surface area contributed by atoms with E-state index in [4.69, 9.17) is 0 Å². The van der Waals surface area contributed by atoms with Gasteiger partial charge >= 0.3 is 0 Å². The van der Waals surface area contributed by atoms with Crippen LogP contribution in [0.15, 0.2) is 0 Å². The van der Waals surface area contributed by atoms with Crippen LogP contribution >= 0.6 is 0 Å². The molecule has 0 atom stereocenters. The molecule has 0 saturated heterocycles. The van der Waals surface area contributed by atoms with Gasteiger partial charge in [0.15, 0.2) is 0 Å². The Morgan fingerprint density at radius 2 is 1.00 bits per heavy atom. The molecule has 0 amide bonds. The van der Waals surface area contributed by atoms with Gasteiger partial charge in [-0.1, -0.05) is 0 Å². The van der Waals surface area contributed by atoms with E-state index >= 15 is 0 Å². The Labute approximate surface area is 73.7 Å². The first-order valence-corrected chi connectivity index (χ1v) is 0. The second kappa shape index (κ2) is 18.4. The first-order chi connectivity index (χ1) is 0. The normalized spacial score (nSPS) is 0. The molecular weight excluding hydrogens is 370 g/mol. The van der Waals surface area contributed by atoms with Crippen molar-refractivity contribution in [2.24, 2.45) is 0 Å². The molecule has 0 bridgehead atoms. The average Bonchev–Trinajstić information content (AvgIpc) is 0. The molecule has 0 aliphatic carbocycles. The van der Waals surface area contributed by atoms with E-state index in [9.17, 15) is 0 Å². The predicted octanol–water partition coefficient (Wildman–Crippen LogP) is -0.0100. The Morgan fingerprint density at radius 3 is 1.00 bits per heavy atom. The Kier molecular flexibility index (Phi) is 152. The summed E-state index contributed by atoms with van der Waals surface area (Å²) >= 11 is 0. The van der Waals surface area contributed by atoms with Crippen molar-refractivity contribution in [1.82, 2.24) is 0 Å². The van der Waals surface area contributed by atoms with Crippen LogP contribution in [-0.2, 0) is 74.5 Å². The summed E-state index contributed by atoms with van der Waals surface area (Å²) in [6, 6.07) is 0. The smallest absolute Gasteiger partial charge is 0 e. The van der Waals surface area contributed by atoms with E-state index < -0.39 is 0 Å². The van der Waals surface area contributed by atoms with Gasteiger partial charge in [-0.15, -0.1) is 0 Å². The maximum absolute atomic E-state index is 0. The van der Waals surface area contributed by atoms with E-state index in [0.717, 1.165) is 0 Å². The van der Waals surface area contributed by atoms with E-state index in [0.29, 0.717) is 0 Å². The number of hydrogen-bond donors (Lipinski definition) is 0. The third-order valence-corrected chi connectivity index (χ3v) is 0. The summed E-state index contributed by atoms with van der Waals surface area (Å²) in [6.07, 6.45) is 0. The summed E-state index contributed by atoms with van der Waals surface area (Å²) in [5, 5.41) is 0. The van der Waals surface area contributed by atoms with E-state index in [1.54, 1.807) is 0 Å². The minimum absolute atomic E-state index is 0. The predicted molar refractivity (Wildman–Crippen MR) is 0 cm³/mol. The van der Waals surface area contributed by atoms with Gasteiger partial charge in [0.1, 0.15) is 0 Å². The van der Waals surface area contributed by atoms with Crippen LogP contribution in [0.2, 0.25) is 0 Å². The van der Waals surface area contributed by atoms with Crippen LogP contribution < -0.4 is 0 Å². The molecule has 0 fully saturated rings. The molecule has 0 nitrogen and oxygen atoms in total. The fraction of sp³-hybridized carbons (Fsp3) is 0. The molecule has 0 rings (SSSR count). The fourth-order valence-corrected chi connectivity index (χ4v) is 0. The zero-order valence-corrected chi connectivity index (χ0v) is 6.86. The van der Waals surface area contributed by atoms with Crippen molar-refractivity contribution in [3.63, 3.8) is 0 Å². The second-order valence-electron chi connectivity index (χ2n) is 0. The Bertz CT molecular complexity index is 8.00. The minimum atomic E-state index is 0. The zero-order valence-electron chi connectivity index (χ0n) is 1.37. The molecule has 4 heavy (non-hydrogen) atoms. The van der Waals surface area contributed by atoms with Gasteiger partial charge in [-0.05, 0) is 0 Å². The molecule has 0 spiro atoms. The maximum atomic E-state index is 0. The summed E-state index contributed by atoms with van der Waals surface area (Å²) in [6.45, 7) is 0. The molecule has 4 heteroatoms. The molecule has 0 aromatic rings. The minimum Gasteiger partial charge on any atom is 0 e. The quantitative estimate of drug-likeness (QED) is 0.527. The van der Waals surface area contributed by atoms with Crippen LogP contribution in [0.4, 0.5) is 0 Å². The van der Waals surface area contributed by atoms with Crippen molar-refractivity contribution in [3.05, 3.63) is 0 Å². The van der Waals surface area contributed by atoms with Crippen LogP contribution in [-0.4, -0.2) is 0 Å². The van der Waals surface area contributed by atoms with Crippen molar-refractivity contribution in [3.8, 4) is 0 Å². The molecule has 0 N–H and O–H groups in total. The second-order valence-corrected chi connectivity index (χ2v) is 0. The molecule has 0 saturated carbocycles. The van der Waals surface area contributed by atoms with Crippen LogP contribution in [0, 0.1) is 0 Å². The van der Waals surface area contributed by atoms with E-state index in [1.807, 2.05) is 0 Å². The van der Waals surface area contributed by atoms with Gasteiger partial charge in [-0.25, -0.2) is 0 Å². The zero-order chi connectivity index (χ0) is 0. The molecule has 37 valence electrons. The standard InChI is InChI=1S/Au.Cu.Ni.V. The van der Waals surface area contributed by atoms with Gasteiger partial charge < -0.3 is 0 Å². The Morgan fingerprint density at radius 1 is 1.00 bits per heavy atom. The van der Waals surface area contributed by atoms with Crippen LogP contribution in [0.5, 0.6) is 0 Å². The summed E-state index contributed by atoms with van der Waals surface area (Å²) < 4.78 is 0. The molecule has 0 aliphatic rings. The van der Waals surface area contributed by atoms with E-state index in [-0.39, 0.29) is 74.5 Å². The van der Waals surface area contributed by atoms with Crippen molar-refractivity contribution in [2.45, 2.75) is 0 Å². The molecular formula is AuCuNiV. The summed E-state index contributed by atoms with van der Waals surface area (Å²) in [5.74, 6) is 0. The van der Waals surface area contributed by atoms with Crippen molar-refractivity contribution >= 4 is 0 Å². The molecule has 0 unspecified atom stereocenters. The first-order valence-electron chi connectivity index (χ1n) is 0. The first kappa shape index (κ1) is 33.0. The molecule has 0 heterocycles. The van der Waals surface area contributed by atoms with Gasteiger partial charge in [-0.2, -0.15) is 0 Å². The van der Waals surface area contributed by atoms with Crippen LogP contribution in [0.3, 0.4) is 0 Å². The molecule has 0 aromatic heterocycles. The fourth-order valence-electron chi connectivity index (χ4n) is 0. The third-order valence-electron chi connectivity index (χ3n) is 0. The number of rotatable bonds is 0. The third kappa shape index (κ3) is 8.84. The Hall–Kier alpha value is 2.34. The SMILES string of the molecule is [Au].[Cu].[Ni].[V]. The number of hydrogen-bond acceptors (Lipinski definition) is 0. The van der Waals surface area contributed by atoms with Crippen molar-refractivity contribution in [1.29, 1.82) is 0 Å². The van der Waals surface area contributed by atoms with Gasteiger partial charge in [0.2, 0.25) is 0 Å². The van der Waals surface area contributed by atoms with Gasteiger partial charge in [0, 0.05) is 74.5 Å². The van der Waals surface area contributed by atoms with Gasteiger partial charge in [-0.3, -0.25) is 0 Å². The Balaban J connectivity index is 0. The van der Waals surface area contributed by atoms with E-state index in [1.165, 1.54) is 0 Å². The molecule has 0 aromatic carbocycles. The largest absolute Gasteiger partial charge is 0 e. The van der Waals surface area contributed by atoms with E-state index in [2.05, 4.69) is 0 Å². The molecule has 3 radical (unpaired) electrons. The van der Waals surface area contributed by atoms with Gasteiger partial charge in [0.05, 0.1) is 0 Å². The van der Waals surface area contributed by atoms with Gasteiger partial charge in [0.25, 0.3) is 0 Å². The average molecular weight is 370 g/mol. The van der Waals surface area contributed by atoms with Crippen LogP contribution in [0.1, 0.15) is 0 Å². The monoisotopic (exact) mass is 369 g/mol. The summed E-state index contributed by atoms with van der Waals surface area (Å²) in [7, 11) is 0. The topological polar surface area (TPSA) is 0 Å².